The Hall–Kier alpha value is -2.22. The zero-order chi connectivity index (χ0) is 38.1. The molecule has 0 spiro atoms. The van der Waals surface area contributed by atoms with Crippen LogP contribution in [0.4, 0.5) is 0 Å². The third-order valence-electron chi connectivity index (χ3n) is 8.23. The van der Waals surface area contributed by atoms with E-state index in [-0.39, 0.29) is 38.8 Å². The van der Waals surface area contributed by atoms with Crippen molar-refractivity contribution in [3.05, 3.63) is 73.1 Å². The molecule has 9 heteroatoms. The van der Waals surface area contributed by atoms with Gasteiger partial charge in [-0.2, -0.15) is 0 Å². The van der Waals surface area contributed by atoms with Crippen molar-refractivity contribution < 1.29 is 32.8 Å². The van der Waals surface area contributed by atoms with E-state index in [4.69, 9.17) is 24.3 Å². The maximum Gasteiger partial charge on any atom is 0.472 e. The highest BCUT2D eigenvalue weighted by molar-refractivity contribution is 7.47. The van der Waals surface area contributed by atoms with Crippen molar-refractivity contribution >= 4 is 13.8 Å². The van der Waals surface area contributed by atoms with Crippen molar-refractivity contribution in [3.63, 3.8) is 0 Å². The van der Waals surface area contributed by atoms with Gasteiger partial charge in [-0.05, 0) is 63.9 Å². The smallest absolute Gasteiger partial charge is 0.472 e. The molecule has 0 aromatic carbocycles. The average Bonchev–Trinajstić information content (AvgIpc) is 3.14. The van der Waals surface area contributed by atoms with E-state index in [2.05, 4.69) is 74.6 Å². The highest BCUT2D eigenvalue weighted by Gasteiger charge is 2.24. The molecule has 0 aromatic heterocycles. The maximum absolute atomic E-state index is 12.4. The summed E-state index contributed by atoms with van der Waals surface area (Å²) < 4.78 is 33.1. The van der Waals surface area contributed by atoms with Gasteiger partial charge >= 0.3 is 13.8 Å². The predicted octanol–water partition coefficient (Wildman–Crippen LogP) is 12.3. The van der Waals surface area contributed by atoms with E-state index in [9.17, 15) is 14.3 Å². The lowest BCUT2D eigenvalue weighted by Gasteiger charge is -2.19. The molecular formula is C43H76NO7P. The molecule has 300 valence electrons. The van der Waals surface area contributed by atoms with Gasteiger partial charge in [-0.1, -0.05) is 158 Å². The van der Waals surface area contributed by atoms with Gasteiger partial charge in [0.1, 0.15) is 6.61 Å². The number of carbonyl (C=O) groups is 1. The van der Waals surface area contributed by atoms with Crippen LogP contribution in [0.1, 0.15) is 162 Å². The number of hydrogen-bond acceptors (Lipinski definition) is 7. The van der Waals surface area contributed by atoms with Crippen molar-refractivity contribution in [1.82, 2.24) is 0 Å². The summed E-state index contributed by atoms with van der Waals surface area (Å²) in [6.45, 7) is 4.03. The fourth-order valence-corrected chi connectivity index (χ4v) is 5.96. The normalized spacial score (nSPS) is 14.2. The molecule has 0 rings (SSSR count). The Labute approximate surface area is 318 Å². The lowest BCUT2D eigenvalue weighted by Crippen LogP contribution is -2.25. The molecule has 0 fully saturated rings. The molecule has 0 aliphatic rings. The number of allylic oxidation sites excluding steroid dienone is 11. The van der Waals surface area contributed by atoms with E-state index >= 15 is 0 Å². The van der Waals surface area contributed by atoms with Gasteiger partial charge in [0.2, 0.25) is 0 Å². The van der Waals surface area contributed by atoms with Crippen molar-refractivity contribution in [1.29, 1.82) is 0 Å². The number of phosphoric ester groups is 1. The maximum atomic E-state index is 12.4. The minimum atomic E-state index is -4.28. The van der Waals surface area contributed by atoms with E-state index in [1.807, 2.05) is 6.08 Å². The Morgan fingerprint density at radius 1 is 0.615 bits per heavy atom. The monoisotopic (exact) mass is 750 g/mol. The summed E-state index contributed by atoms with van der Waals surface area (Å²) in [7, 11) is -4.28. The largest absolute Gasteiger partial charge is 0.492 e. The van der Waals surface area contributed by atoms with E-state index in [0.717, 1.165) is 51.4 Å². The van der Waals surface area contributed by atoms with Crippen LogP contribution in [0, 0.1) is 0 Å². The lowest BCUT2D eigenvalue weighted by molar-refractivity contribution is -0.147. The Morgan fingerprint density at radius 3 is 1.62 bits per heavy atom. The second-order valence-corrected chi connectivity index (χ2v) is 14.6. The summed E-state index contributed by atoms with van der Waals surface area (Å²) in [5, 5.41) is 0. The van der Waals surface area contributed by atoms with Crippen LogP contribution in [0.25, 0.3) is 0 Å². The molecule has 0 heterocycles. The Balaban J connectivity index is 4.22. The SMILES string of the molecule is CCC=CCC=CCC=CCC=CCC=CCCCC(=O)OCC(COP(=O)(O)OCCN)OC=CCCCCCCCCCCCCCCCC. The highest BCUT2D eigenvalue weighted by Crippen LogP contribution is 2.43. The summed E-state index contributed by atoms with van der Waals surface area (Å²) in [5.74, 6) is -0.348. The molecule has 52 heavy (non-hydrogen) atoms. The summed E-state index contributed by atoms with van der Waals surface area (Å²) in [5.41, 5.74) is 5.35. The number of hydrogen-bond donors (Lipinski definition) is 2. The van der Waals surface area contributed by atoms with Crippen LogP contribution in [0.5, 0.6) is 0 Å². The lowest BCUT2D eigenvalue weighted by atomic mass is 10.0. The number of rotatable bonds is 38. The van der Waals surface area contributed by atoms with Gasteiger partial charge in [-0.15, -0.1) is 0 Å². The van der Waals surface area contributed by atoms with Gasteiger partial charge in [0.25, 0.3) is 0 Å². The molecule has 3 N–H and O–H groups in total. The first-order chi connectivity index (χ1) is 25.4. The van der Waals surface area contributed by atoms with Crippen molar-refractivity contribution in [2.45, 2.75) is 168 Å². The summed E-state index contributed by atoms with van der Waals surface area (Å²) in [6.07, 6.45) is 50.2. The van der Waals surface area contributed by atoms with E-state index in [0.29, 0.717) is 6.42 Å². The van der Waals surface area contributed by atoms with Gasteiger partial charge in [0.15, 0.2) is 6.10 Å². The Morgan fingerprint density at radius 2 is 1.10 bits per heavy atom. The van der Waals surface area contributed by atoms with Crippen molar-refractivity contribution in [2.24, 2.45) is 5.73 Å². The van der Waals surface area contributed by atoms with Crippen LogP contribution in [0.15, 0.2) is 73.1 Å². The molecule has 0 bridgehead atoms. The first-order valence-corrected chi connectivity index (χ1v) is 22.0. The summed E-state index contributed by atoms with van der Waals surface area (Å²) in [6, 6.07) is 0. The van der Waals surface area contributed by atoms with Gasteiger partial charge in [0.05, 0.1) is 19.5 Å². The number of ether oxygens (including phenoxy) is 2. The molecule has 0 aliphatic heterocycles. The van der Waals surface area contributed by atoms with Crippen LogP contribution in [-0.2, 0) is 27.9 Å². The fraction of sp³-hybridized carbons (Fsp3) is 0.698. The average molecular weight is 750 g/mol. The zero-order valence-electron chi connectivity index (χ0n) is 33.0. The molecule has 2 unspecified atom stereocenters. The van der Waals surface area contributed by atoms with Crippen LogP contribution < -0.4 is 5.73 Å². The number of unbranched alkanes of at least 4 members (excludes halogenated alkanes) is 15. The minimum Gasteiger partial charge on any atom is -0.492 e. The molecular weight excluding hydrogens is 673 g/mol. The molecule has 8 nitrogen and oxygen atoms in total. The predicted molar refractivity (Wildman–Crippen MR) is 219 cm³/mol. The van der Waals surface area contributed by atoms with Crippen LogP contribution in [-0.4, -0.2) is 43.3 Å². The third kappa shape index (κ3) is 39.0. The molecule has 0 radical (unpaired) electrons. The first kappa shape index (κ1) is 49.8. The van der Waals surface area contributed by atoms with Gasteiger partial charge < -0.3 is 20.1 Å². The summed E-state index contributed by atoms with van der Waals surface area (Å²) >= 11 is 0. The number of carbonyl (C=O) groups excluding carboxylic acids is 1. The molecule has 0 saturated heterocycles. The second kappa shape index (κ2) is 40.0. The van der Waals surface area contributed by atoms with Crippen LogP contribution >= 0.6 is 7.82 Å². The van der Waals surface area contributed by atoms with Crippen molar-refractivity contribution in [3.8, 4) is 0 Å². The zero-order valence-corrected chi connectivity index (χ0v) is 33.9. The second-order valence-electron chi connectivity index (χ2n) is 13.2. The molecule has 2 atom stereocenters. The standard InChI is InChI=1S/C43H76NO7P/c1-3-5-7-9-11-13-15-17-19-21-22-24-26-28-30-32-34-36-43(45)49-40-42(41-51-52(46,47)50-39-37-44)48-38-35-33-31-29-27-25-23-20-18-16-14-12-10-8-6-4-2/h5,7,11,13,17,19,22,24,28,30,35,38,42H,3-4,6,8-10,12,14-16,18,20-21,23,25-27,29,31-34,36-37,39-41,44H2,1-2H3,(H,46,47). The molecule has 0 saturated carbocycles. The quantitative estimate of drug-likeness (QED) is 0.0211. The number of esters is 1. The van der Waals surface area contributed by atoms with Gasteiger partial charge in [0, 0.05) is 13.0 Å². The fourth-order valence-electron chi connectivity index (χ4n) is 5.19. The molecule has 0 amide bonds. The molecule has 0 aromatic rings. The van der Waals surface area contributed by atoms with Crippen LogP contribution in [0.2, 0.25) is 0 Å². The van der Waals surface area contributed by atoms with E-state index < -0.39 is 13.9 Å². The number of phosphoric acid groups is 1. The topological polar surface area (TPSA) is 117 Å². The number of nitrogens with two attached hydrogens (primary N) is 1. The Bertz CT molecular complexity index is 1020. The van der Waals surface area contributed by atoms with Crippen LogP contribution in [0.3, 0.4) is 0 Å². The highest BCUT2D eigenvalue weighted by atomic mass is 31.2. The van der Waals surface area contributed by atoms with E-state index in [1.165, 1.54) is 83.5 Å². The summed E-state index contributed by atoms with van der Waals surface area (Å²) in [4.78, 5) is 22.2. The molecule has 0 aliphatic carbocycles. The van der Waals surface area contributed by atoms with Gasteiger partial charge in [-0.3, -0.25) is 13.8 Å². The Kier molecular flexibility index (Phi) is 38.3. The first-order valence-electron chi connectivity index (χ1n) is 20.5. The minimum absolute atomic E-state index is 0.0903. The third-order valence-corrected chi connectivity index (χ3v) is 9.21. The van der Waals surface area contributed by atoms with Crippen molar-refractivity contribution in [2.75, 3.05) is 26.4 Å². The van der Waals surface area contributed by atoms with Gasteiger partial charge in [-0.25, -0.2) is 4.57 Å². The van der Waals surface area contributed by atoms with E-state index in [1.54, 1.807) is 6.26 Å².